The molecule has 1 aromatic heterocycles. The van der Waals surface area contributed by atoms with E-state index in [9.17, 15) is 19.5 Å². The zero-order valence-electron chi connectivity index (χ0n) is 25.8. The van der Waals surface area contributed by atoms with Crippen LogP contribution in [0.4, 0.5) is 0 Å². The van der Waals surface area contributed by atoms with Crippen molar-refractivity contribution < 1.29 is 19.5 Å². The number of aromatic nitrogens is 1. The van der Waals surface area contributed by atoms with Gasteiger partial charge in [0.05, 0.1) is 6.54 Å². The predicted octanol–water partition coefficient (Wildman–Crippen LogP) is 5.61. The molecule has 2 amide bonds. The second-order valence-electron chi connectivity index (χ2n) is 11.5. The van der Waals surface area contributed by atoms with Crippen LogP contribution >= 0.6 is 11.8 Å². The van der Waals surface area contributed by atoms with E-state index in [-0.39, 0.29) is 30.3 Å². The number of nitrogens with one attached hydrogen (secondary N) is 3. The van der Waals surface area contributed by atoms with Gasteiger partial charge in [-0.3, -0.25) is 14.5 Å². The Kier molecular flexibility index (Phi) is 12.3. The molecule has 0 unspecified atom stereocenters. The van der Waals surface area contributed by atoms with Crippen molar-refractivity contribution in [2.24, 2.45) is 5.92 Å². The summed E-state index contributed by atoms with van der Waals surface area (Å²) in [5.41, 5.74) is 3.24. The van der Waals surface area contributed by atoms with Crippen LogP contribution in [0.25, 0.3) is 21.7 Å². The van der Waals surface area contributed by atoms with Crippen LogP contribution in [0.15, 0.2) is 72.9 Å². The highest BCUT2D eigenvalue weighted by atomic mass is 32.2. The van der Waals surface area contributed by atoms with Gasteiger partial charge in [0.2, 0.25) is 11.8 Å². The molecule has 0 aliphatic carbocycles. The lowest BCUT2D eigenvalue weighted by molar-refractivity contribution is -0.142. The molecule has 9 heteroatoms. The summed E-state index contributed by atoms with van der Waals surface area (Å²) in [6.45, 7) is 5.16. The zero-order chi connectivity index (χ0) is 31.5. The molecule has 4 N–H and O–H groups in total. The Hall–Kier alpha value is -3.82. The summed E-state index contributed by atoms with van der Waals surface area (Å²) in [7, 11) is 0. The summed E-state index contributed by atoms with van der Waals surface area (Å²) in [5, 5.41) is 19.0. The van der Waals surface area contributed by atoms with Crippen LogP contribution in [0.1, 0.15) is 44.2 Å². The van der Waals surface area contributed by atoms with Gasteiger partial charge in [0.1, 0.15) is 6.04 Å². The highest BCUT2D eigenvalue weighted by molar-refractivity contribution is 7.98. The first-order chi connectivity index (χ1) is 21.3. The molecule has 0 aliphatic rings. The van der Waals surface area contributed by atoms with Gasteiger partial charge in [0, 0.05) is 42.7 Å². The molecule has 0 spiro atoms. The fourth-order valence-electron chi connectivity index (χ4n) is 5.59. The smallest absolute Gasteiger partial charge is 0.326 e. The van der Waals surface area contributed by atoms with Gasteiger partial charge in [-0.15, -0.1) is 0 Å². The van der Waals surface area contributed by atoms with Crippen LogP contribution in [0.3, 0.4) is 0 Å². The number of hydrogen-bond acceptors (Lipinski definition) is 5. The van der Waals surface area contributed by atoms with Crippen molar-refractivity contribution in [3.8, 4) is 0 Å². The third-order valence-electron chi connectivity index (χ3n) is 8.31. The van der Waals surface area contributed by atoms with E-state index in [0.717, 1.165) is 39.2 Å². The molecule has 44 heavy (non-hydrogen) atoms. The first-order valence-electron chi connectivity index (χ1n) is 15.3. The van der Waals surface area contributed by atoms with Crippen LogP contribution in [-0.4, -0.2) is 70.0 Å². The number of thioether (sulfide) groups is 1. The maximum Gasteiger partial charge on any atom is 0.326 e. The molecule has 234 valence electrons. The third-order valence-corrected chi connectivity index (χ3v) is 8.96. The number of carbonyl (C=O) groups excluding carboxylic acids is 2. The summed E-state index contributed by atoms with van der Waals surface area (Å²) >= 11 is 1.55. The van der Waals surface area contributed by atoms with E-state index < -0.39 is 12.0 Å². The molecular formula is C35H44N4O4S. The first-order valence-corrected chi connectivity index (χ1v) is 16.7. The lowest BCUT2D eigenvalue weighted by atomic mass is 9.97. The highest BCUT2D eigenvalue weighted by Gasteiger charge is 2.26. The fourth-order valence-corrected chi connectivity index (χ4v) is 6.06. The molecule has 4 rings (SSSR count). The third kappa shape index (κ3) is 9.09. The van der Waals surface area contributed by atoms with Gasteiger partial charge in [0.25, 0.3) is 0 Å². The number of amides is 2. The molecule has 0 aliphatic heterocycles. The van der Waals surface area contributed by atoms with Crippen molar-refractivity contribution in [3.63, 3.8) is 0 Å². The Morgan fingerprint density at radius 1 is 0.932 bits per heavy atom. The summed E-state index contributed by atoms with van der Waals surface area (Å²) in [6, 6.07) is 21.2. The quantitative estimate of drug-likeness (QED) is 0.123. The summed E-state index contributed by atoms with van der Waals surface area (Å²) in [6.07, 6.45) is 6.08. The minimum Gasteiger partial charge on any atom is -0.480 e. The average Bonchev–Trinajstić information content (AvgIpc) is 3.44. The second kappa shape index (κ2) is 16.3. The predicted molar refractivity (Wildman–Crippen MR) is 180 cm³/mol. The van der Waals surface area contributed by atoms with E-state index in [1.807, 2.05) is 53.8 Å². The molecule has 3 atom stereocenters. The normalized spacial score (nSPS) is 13.5. The van der Waals surface area contributed by atoms with Gasteiger partial charge < -0.3 is 20.7 Å². The number of aryl methyl sites for hydroxylation is 1. The number of H-pyrrole nitrogens is 1. The van der Waals surface area contributed by atoms with Crippen molar-refractivity contribution >= 4 is 51.2 Å². The Morgan fingerprint density at radius 2 is 1.66 bits per heavy atom. The van der Waals surface area contributed by atoms with Crippen molar-refractivity contribution in [2.45, 2.75) is 58.2 Å². The van der Waals surface area contributed by atoms with Crippen LogP contribution in [0, 0.1) is 5.92 Å². The average molecular weight is 617 g/mol. The molecule has 0 radical (unpaired) electrons. The molecular weight excluding hydrogens is 572 g/mol. The van der Waals surface area contributed by atoms with Crippen molar-refractivity contribution in [3.05, 3.63) is 84.1 Å². The van der Waals surface area contributed by atoms with Crippen molar-refractivity contribution in [1.82, 2.24) is 20.5 Å². The number of hydrogen-bond donors (Lipinski definition) is 4. The number of aliphatic carboxylic acids is 1. The largest absolute Gasteiger partial charge is 0.480 e. The molecule has 3 aromatic carbocycles. The zero-order valence-corrected chi connectivity index (χ0v) is 26.7. The van der Waals surface area contributed by atoms with Gasteiger partial charge in [0.15, 0.2) is 0 Å². The number of carboxylic acid groups (broad SMARTS) is 1. The number of rotatable bonds is 17. The Morgan fingerprint density at radius 3 is 2.41 bits per heavy atom. The topological polar surface area (TPSA) is 115 Å². The molecule has 4 aromatic rings. The van der Waals surface area contributed by atoms with Crippen molar-refractivity contribution in [2.75, 3.05) is 25.1 Å². The fraction of sp³-hybridized carbons (Fsp3) is 0.400. The molecule has 1 heterocycles. The number of carbonyl (C=O) groups is 3. The molecule has 8 nitrogen and oxygen atoms in total. The number of carboxylic acids is 1. The van der Waals surface area contributed by atoms with E-state index in [0.29, 0.717) is 38.1 Å². The van der Waals surface area contributed by atoms with Crippen LogP contribution in [0.2, 0.25) is 0 Å². The maximum atomic E-state index is 13.3. The Bertz CT molecular complexity index is 1550. The number of benzene rings is 3. The van der Waals surface area contributed by atoms with E-state index >= 15 is 0 Å². The second-order valence-corrected chi connectivity index (χ2v) is 12.5. The van der Waals surface area contributed by atoms with E-state index in [1.54, 1.807) is 11.8 Å². The minimum atomic E-state index is -1.03. The summed E-state index contributed by atoms with van der Waals surface area (Å²) < 4.78 is 0. The van der Waals surface area contributed by atoms with Crippen LogP contribution in [-0.2, 0) is 27.3 Å². The number of nitrogens with zero attached hydrogens (tertiary/aromatic N) is 1. The lowest BCUT2D eigenvalue weighted by Crippen LogP contribution is -2.51. The van der Waals surface area contributed by atoms with E-state index in [2.05, 4.69) is 59.8 Å². The number of aromatic amines is 1. The van der Waals surface area contributed by atoms with Gasteiger partial charge in [-0.1, -0.05) is 80.9 Å². The van der Waals surface area contributed by atoms with E-state index in [1.165, 1.54) is 0 Å². The van der Waals surface area contributed by atoms with E-state index in [4.69, 9.17) is 0 Å². The Labute approximate surface area is 264 Å². The molecule has 0 bridgehead atoms. The van der Waals surface area contributed by atoms with Gasteiger partial charge in [-0.25, -0.2) is 4.79 Å². The SMILES string of the molecule is CC[C@H](C)[C@@H](CN(CC(=O)N[C@@H](CCSC)C(=O)O)Cc1cccc2ccccc12)NC(=O)CCc1c[nH]c2ccccc12. The minimum absolute atomic E-state index is 0.0183. The van der Waals surface area contributed by atoms with Gasteiger partial charge in [-0.05, 0) is 58.7 Å². The van der Waals surface area contributed by atoms with Crippen molar-refractivity contribution in [1.29, 1.82) is 0 Å². The standard InChI is InChI=1S/C35H44N4O4S/c1-4-24(2)32(38-33(40)17-16-26-20-36-30-15-8-7-14-29(26)30)22-39(23-34(41)37-31(35(42)43)18-19-44-3)21-27-12-9-11-25-10-5-6-13-28(25)27/h5-15,20,24,31-32,36H,4,16-19,21-23H2,1-3H3,(H,37,41)(H,38,40)(H,42,43)/t24-,31-,32+/m0/s1. The lowest BCUT2D eigenvalue weighted by Gasteiger charge is -2.31. The molecule has 0 saturated heterocycles. The summed E-state index contributed by atoms with van der Waals surface area (Å²) in [5.74, 6) is -0.602. The molecule has 0 saturated carbocycles. The number of fused-ring (bicyclic) bond motifs is 2. The molecule has 0 fully saturated rings. The first kappa shape index (κ1) is 33.1. The van der Waals surface area contributed by atoms with Crippen LogP contribution < -0.4 is 10.6 Å². The summed E-state index contributed by atoms with van der Waals surface area (Å²) in [4.78, 5) is 43.7. The van der Waals surface area contributed by atoms with Gasteiger partial charge >= 0.3 is 5.97 Å². The highest BCUT2D eigenvalue weighted by Crippen LogP contribution is 2.22. The van der Waals surface area contributed by atoms with Gasteiger partial charge in [-0.2, -0.15) is 11.8 Å². The maximum absolute atomic E-state index is 13.3. The number of para-hydroxylation sites is 1. The Balaban J connectivity index is 1.50. The van der Waals surface area contributed by atoms with Crippen LogP contribution in [0.5, 0.6) is 0 Å². The monoisotopic (exact) mass is 616 g/mol.